The fourth-order valence-electron chi connectivity index (χ4n) is 3.61. The molecule has 1 amide bonds. The van der Waals surface area contributed by atoms with Crippen LogP contribution in [0.15, 0.2) is 0 Å². The van der Waals surface area contributed by atoms with E-state index in [0.29, 0.717) is 18.9 Å². The van der Waals surface area contributed by atoms with Gasteiger partial charge in [-0.3, -0.25) is 4.79 Å². The Morgan fingerprint density at radius 3 is 2.47 bits per heavy atom. The van der Waals surface area contributed by atoms with Crippen LogP contribution in [0.2, 0.25) is 0 Å². The van der Waals surface area contributed by atoms with Crippen molar-refractivity contribution in [1.29, 1.82) is 0 Å². The lowest BCUT2D eigenvalue weighted by Crippen LogP contribution is -2.43. The zero-order valence-corrected chi connectivity index (χ0v) is 11.8. The third-order valence-electron chi connectivity index (χ3n) is 4.76. The third-order valence-corrected chi connectivity index (χ3v) is 4.76. The minimum absolute atomic E-state index is 0.0306. The number of nitrogens with zero attached hydrogens (tertiary/aromatic N) is 1. The second-order valence-corrected chi connectivity index (χ2v) is 6.02. The number of carbonyl (C=O) groups is 2. The summed E-state index contributed by atoms with van der Waals surface area (Å²) in [6.07, 6.45) is 8.28. The smallest absolute Gasteiger partial charge is 0.326 e. The Morgan fingerprint density at radius 1 is 1.21 bits per heavy atom. The van der Waals surface area contributed by atoms with Crippen molar-refractivity contribution in [3.63, 3.8) is 0 Å². The number of carboxylic acids is 1. The van der Waals surface area contributed by atoms with Gasteiger partial charge in [0, 0.05) is 12.5 Å². The van der Waals surface area contributed by atoms with Crippen LogP contribution in [-0.4, -0.2) is 34.5 Å². The molecule has 0 bridgehead atoms. The number of rotatable bonds is 5. The minimum atomic E-state index is -0.846. The number of amides is 1. The summed E-state index contributed by atoms with van der Waals surface area (Å²) in [5.41, 5.74) is 0. The first-order valence-electron chi connectivity index (χ1n) is 7.66. The Labute approximate surface area is 115 Å². The summed E-state index contributed by atoms with van der Waals surface area (Å²) < 4.78 is 0. The number of likely N-dealkylation sites (tertiary alicyclic amines) is 1. The number of aliphatic carboxylic acids is 1. The third kappa shape index (κ3) is 3.28. The molecule has 1 heterocycles. The predicted molar refractivity (Wildman–Crippen MR) is 72.7 cm³/mol. The first-order chi connectivity index (χ1) is 9.13. The summed E-state index contributed by atoms with van der Waals surface area (Å²) >= 11 is 0. The monoisotopic (exact) mass is 267 g/mol. The van der Waals surface area contributed by atoms with E-state index in [1.807, 2.05) is 6.92 Å². The van der Waals surface area contributed by atoms with Crippen molar-refractivity contribution in [3.05, 3.63) is 0 Å². The van der Waals surface area contributed by atoms with Crippen molar-refractivity contribution in [2.45, 2.75) is 64.3 Å². The molecule has 2 fully saturated rings. The largest absolute Gasteiger partial charge is 0.480 e. The van der Waals surface area contributed by atoms with E-state index in [0.717, 1.165) is 19.3 Å². The summed E-state index contributed by atoms with van der Waals surface area (Å²) in [5.74, 6) is -0.0521. The molecule has 2 aliphatic rings. The molecular weight excluding hydrogens is 242 g/mol. The maximum Gasteiger partial charge on any atom is 0.326 e. The molecular formula is C15H25NO3. The van der Waals surface area contributed by atoms with Crippen molar-refractivity contribution < 1.29 is 14.7 Å². The van der Waals surface area contributed by atoms with E-state index in [1.165, 1.54) is 25.7 Å². The fourth-order valence-corrected chi connectivity index (χ4v) is 3.61. The zero-order chi connectivity index (χ0) is 13.8. The molecule has 1 saturated carbocycles. The van der Waals surface area contributed by atoms with E-state index in [1.54, 1.807) is 4.90 Å². The number of carbonyl (C=O) groups excluding carboxylic acids is 1. The molecule has 0 spiro atoms. The number of hydrogen-bond donors (Lipinski definition) is 1. The van der Waals surface area contributed by atoms with Gasteiger partial charge in [0.1, 0.15) is 6.04 Å². The van der Waals surface area contributed by atoms with Gasteiger partial charge < -0.3 is 10.0 Å². The van der Waals surface area contributed by atoms with E-state index >= 15 is 0 Å². The summed E-state index contributed by atoms with van der Waals surface area (Å²) in [6.45, 7) is 2.67. The molecule has 108 valence electrons. The lowest BCUT2D eigenvalue weighted by molar-refractivity contribution is -0.150. The van der Waals surface area contributed by atoms with Gasteiger partial charge in [-0.2, -0.15) is 0 Å². The molecule has 4 nitrogen and oxygen atoms in total. The Bertz CT molecular complexity index is 336. The van der Waals surface area contributed by atoms with Crippen LogP contribution in [0, 0.1) is 11.8 Å². The maximum atomic E-state index is 12.5. The fraction of sp³-hybridized carbons (Fsp3) is 0.867. The SMILES string of the molecule is CCC(CC1CCCC1)C(=O)N1CCC[C@H]1C(=O)O. The van der Waals surface area contributed by atoms with E-state index in [4.69, 9.17) is 0 Å². The lowest BCUT2D eigenvalue weighted by atomic mass is 9.90. The Balaban J connectivity index is 1.96. The average molecular weight is 267 g/mol. The van der Waals surface area contributed by atoms with Crippen molar-refractivity contribution in [2.24, 2.45) is 11.8 Å². The summed E-state index contributed by atoms with van der Waals surface area (Å²) in [7, 11) is 0. The van der Waals surface area contributed by atoms with Gasteiger partial charge in [0.05, 0.1) is 0 Å². The van der Waals surface area contributed by atoms with Gasteiger partial charge in [0.2, 0.25) is 5.91 Å². The van der Waals surface area contributed by atoms with Crippen LogP contribution in [0.25, 0.3) is 0 Å². The summed E-state index contributed by atoms with van der Waals surface area (Å²) in [6, 6.07) is -0.579. The topological polar surface area (TPSA) is 57.6 Å². The molecule has 1 saturated heterocycles. The van der Waals surface area contributed by atoms with E-state index < -0.39 is 12.0 Å². The highest BCUT2D eigenvalue weighted by Gasteiger charge is 2.37. The lowest BCUT2D eigenvalue weighted by Gasteiger charge is -2.27. The molecule has 1 aliphatic carbocycles. The van der Waals surface area contributed by atoms with Crippen LogP contribution in [0.1, 0.15) is 58.3 Å². The highest BCUT2D eigenvalue weighted by Crippen LogP contribution is 2.33. The van der Waals surface area contributed by atoms with E-state index in [-0.39, 0.29) is 11.8 Å². The number of hydrogen-bond acceptors (Lipinski definition) is 2. The average Bonchev–Trinajstić information content (AvgIpc) is 3.05. The van der Waals surface area contributed by atoms with Crippen LogP contribution in [0.5, 0.6) is 0 Å². The van der Waals surface area contributed by atoms with Crippen molar-refractivity contribution in [3.8, 4) is 0 Å². The van der Waals surface area contributed by atoms with Gasteiger partial charge in [-0.15, -0.1) is 0 Å². The van der Waals surface area contributed by atoms with Gasteiger partial charge in [-0.25, -0.2) is 4.79 Å². The number of carboxylic acid groups (broad SMARTS) is 1. The van der Waals surface area contributed by atoms with Crippen LogP contribution >= 0.6 is 0 Å². The molecule has 1 N–H and O–H groups in total. The van der Waals surface area contributed by atoms with Crippen molar-refractivity contribution in [2.75, 3.05) is 6.54 Å². The molecule has 1 aliphatic heterocycles. The van der Waals surface area contributed by atoms with Gasteiger partial charge in [-0.05, 0) is 31.6 Å². The first-order valence-corrected chi connectivity index (χ1v) is 7.66. The highest BCUT2D eigenvalue weighted by atomic mass is 16.4. The van der Waals surface area contributed by atoms with Crippen molar-refractivity contribution >= 4 is 11.9 Å². The molecule has 4 heteroatoms. The Hall–Kier alpha value is -1.06. The second-order valence-electron chi connectivity index (χ2n) is 6.02. The Kier molecular flexibility index (Phi) is 4.83. The quantitative estimate of drug-likeness (QED) is 0.833. The molecule has 1 unspecified atom stereocenters. The normalized spacial score (nSPS) is 25.7. The standard InChI is InChI=1S/C15H25NO3/c1-2-12(10-11-6-3-4-7-11)14(17)16-9-5-8-13(16)15(18)19/h11-13H,2-10H2,1H3,(H,18,19)/t12?,13-/m0/s1. The van der Waals surface area contributed by atoms with Crippen LogP contribution in [0.4, 0.5) is 0 Å². The van der Waals surface area contributed by atoms with Crippen LogP contribution in [0.3, 0.4) is 0 Å². The molecule has 2 rings (SSSR count). The molecule has 0 radical (unpaired) electrons. The van der Waals surface area contributed by atoms with Crippen LogP contribution < -0.4 is 0 Å². The minimum Gasteiger partial charge on any atom is -0.480 e. The summed E-state index contributed by atoms with van der Waals surface area (Å²) in [5, 5.41) is 9.18. The van der Waals surface area contributed by atoms with E-state index in [2.05, 4.69) is 0 Å². The summed E-state index contributed by atoms with van der Waals surface area (Å²) in [4.78, 5) is 25.3. The van der Waals surface area contributed by atoms with Gasteiger partial charge in [0.15, 0.2) is 0 Å². The molecule has 0 aromatic rings. The van der Waals surface area contributed by atoms with Gasteiger partial charge in [-0.1, -0.05) is 32.6 Å². The highest BCUT2D eigenvalue weighted by molar-refractivity contribution is 5.85. The first kappa shape index (κ1) is 14.4. The van der Waals surface area contributed by atoms with Crippen LogP contribution in [-0.2, 0) is 9.59 Å². The Morgan fingerprint density at radius 2 is 1.89 bits per heavy atom. The van der Waals surface area contributed by atoms with Gasteiger partial charge >= 0.3 is 5.97 Å². The van der Waals surface area contributed by atoms with E-state index in [9.17, 15) is 14.7 Å². The second kappa shape index (κ2) is 6.40. The maximum absolute atomic E-state index is 12.5. The molecule has 2 atom stereocenters. The zero-order valence-electron chi connectivity index (χ0n) is 11.8. The van der Waals surface area contributed by atoms with Crippen molar-refractivity contribution in [1.82, 2.24) is 4.90 Å². The molecule has 0 aromatic carbocycles. The molecule has 19 heavy (non-hydrogen) atoms. The molecule has 0 aromatic heterocycles. The van der Waals surface area contributed by atoms with Gasteiger partial charge in [0.25, 0.3) is 0 Å². The predicted octanol–water partition coefficient (Wildman–Crippen LogP) is 2.67.